The monoisotopic (exact) mass is 390 g/mol. The zero-order valence-electron chi connectivity index (χ0n) is 15.1. The molecule has 0 radical (unpaired) electrons. The number of benzene rings is 2. The Morgan fingerprint density at radius 2 is 1.79 bits per heavy atom. The SMILES string of the molecule is O=C(NC[C@@H](c1ccc2c(c1)OCO2)N1CCOCC1)c1c(F)cccc1F. The Bertz CT molecular complexity index is 851. The third-order valence-electron chi connectivity index (χ3n) is 4.91. The molecule has 2 aromatic carbocycles. The van der Waals surface area contributed by atoms with E-state index >= 15 is 0 Å². The van der Waals surface area contributed by atoms with Gasteiger partial charge < -0.3 is 19.5 Å². The van der Waals surface area contributed by atoms with Gasteiger partial charge in [0.05, 0.1) is 19.3 Å². The van der Waals surface area contributed by atoms with Crippen molar-refractivity contribution >= 4 is 5.91 Å². The molecule has 6 nitrogen and oxygen atoms in total. The van der Waals surface area contributed by atoms with Crippen molar-refractivity contribution in [3.8, 4) is 11.5 Å². The number of carbonyl (C=O) groups excluding carboxylic acids is 1. The molecule has 0 saturated carbocycles. The van der Waals surface area contributed by atoms with Crippen LogP contribution < -0.4 is 14.8 Å². The van der Waals surface area contributed by atoms with Crippen molar-refractivity contribution in [3.63, 3.8) is 0 Å². The highest BCUT2D eigenvalue weighted by atomic mass is 19.1. The molecule has 1 fully saturated rings. The average Bonchev–Trinajstić information content (AvgIpc) is 3.17. The van der Waals surface area contributed by atoms with Gasteiger partial charge in [0.1, 0.15) is 17.2 Å². The third kappa shape index (κ3) is 3.79. The van der Waals surface area contributed by atoms with Crippen molar-refractivity contribution in [2.24, 2.45) is 0 Å². The summed E-state index contributed by atoms with van der Waals surface area (Å²) in [7, 11) is 0. The highest BCUT2D eigenvalue weighted by molar-refractivity contribution is 5.94. The molecular weight excluding hydrogens is 370 g/mol. The Balaban J connectivity index is 1.55. The van der Waals surface area contributed by atoms with Crippen LogP contribution in [0.1, 0.15) is 22.0 Å². The minimum Gasteiger partial charge on any atom is -0.454 e. The van der Waals surface area contributed by atoms with Crippen molar-refractivity contribution in [2.75, 3.05) is 39.6 Å². The van der Waals surface area contributed by atoms with Gasteiger partial charge in [0, 0.05) is 19.6 Å². The van der Waals surface area contributed by atoms with Gasteiger partial charge in [0.15, 0.2) is 11.5 Å². The number of ether oxygens (including phenoxy) is 3. The molecule has 8 heteroatoms. The Kier molecular flexibility index (Phi) is 5.40. The highest BCUT2D eigenvalue weighted by Crippen LogP contribution is 2.35. The van der Waals surface area contributed by atoms with Gasteiger partial charge in [0.2, 0.25) is 6.79 Å². The summed E-state index contributed by atoms with van der Waals surface area (Å²) >= 11 is 0. The number of fused-ring (bicyclic) bond motifs is 1. The predicted octanol–water partition coefficient (Wildman–Crippen LogP) is 2.50. The van der Waals surface area contributed by atoms with E-state index in [1.807, 2.05) is 18.2 Å². The molecule has 2 heterocycles. The Hall–Kier alpha value is -2.71. The second-order valence-corrected chi connectivity index (χ2v) is 6.58. The van der Waals surface area contributed by atoms with Crippen molar-refractivity contribution in [2.45, 2.75) is 6.04 Å². The fraction of sp³-hybridized carbons (Fsp3) is 0.350. The maximum atomic E-state index is 13.9. The topological polar surface area (TPSA) is 60.0 Å². The quantitative estimate of drug-likeness (QED) is 0.850. The van der Waals surface area contributed by atoms with E-state index in [0.29, 0.717) is 37.8 Å². The molecule has 0 bridgehead atoms. The van der Waals surface area contributed by atoms with E-state index in [1.54, 1.807) is 0 Å². The van der Waals surface area contributed by atoms with Gasteiger partial charge in [-0.2, -0.15) is 0 Å². The zero-order chi connectivity index (χ0) is 19.5. The molecular formula is C20H20F2N2O4. The summed E-state index contributed by atoms with van der Waals surface area (Å²) in [5, 5.41) is 2.67. The summed E-state index contributed by atoms with van der Waals surface area (Å²) < 4.78 is 44.0. The highest BCUT2D eigenvalue weighted by Gasteiger charge is 2.26. The summed E-state index contributed by atoms with van der Waals surface area (Å²) in [6.45, 7) is 2.89. The van der Waals surface area contributed by atoms with E-state index < -0.39 is 23.1 Å². The molecule has 2 aromatic rings. The molecule has 0 unspecified atom stereocenters. The molecule has 2 aliphatic rings. The molecule has 1 saturated heterocycles. The fourth-order valence-electron chi connectivity index (χ4n) is 3.46. The van der Waals surface area contributed by atoms with Crippen LogP contribution in [0.15, 0.2) is 36.4 Å². The number of morpholine rings is 1. The lowest BCUT2D eigenvalue weighted by Gasteiger charge is -2.35. The number of carbonyl (C=O) groups is 1. The van der Waals surface area contributed by atoms with Crippen molar-refractivity contribution in [1.29, 1.82) is 0 Å². The fourth-order valence-corrected chi connectivity index (χ4v) is 3.46. The van der Waals surface area contributed by atoms with Crippen LogP contribution in [0.3, 0.4) is 0 Å². The van der Waals surface area contributed by atoms with Gasteiger partial charge in [-0.25, -0.2) is 8.78 Å². The predicted molar refractivity (Wildman–Crippen MR) is 96.4 cm³/mol. The number of rotatable bonds is 5. The lowest BCUT2D eigenvalue weighted by Crippen LogP contribution is -2.44. The van der Waals surface area contributed by atoms with Gasteiger partial charge in [-0.1, -0.05) is 12.1 Å². The second-order valence-electron chi connectivity index (χ2n) is 6.58. The van der Waals surface area contributed by atoms with Gasteiger partial charge in [0.25, 0.3) is 5.91 Å². The second kappa shape index (κ2) is 8.12. The Morgan fingerprint density at radius 3 is 2.54 bits per heavy atom. The van der Waals surface area contributed by atoms with Gasteiger partial charge >= 0.3 is 0 Å². The molecule has 0 aliphatic carbocycles. The van der Waals surface area contributed by atoms with Crippen LogP contribution in [-0.4, -0.2) is 50.4 Å². The Labute approximate surface area is 161 Å². The van der Waals surface area contributed by atoms with E-state index in [0.717, 1.165) is 17.7 Å². The lowest BCUT2D eigenvalue weighted by molar-refractivity contribution is 0.0162. The summed E-state index contributed by atoms with van der Waals surface area (Å²) in [5.41, 5.74) is 0.342. The minimum absolute atomic E-state index is 0.171. The largest absolute Gasteiger partial charge is 0.454 e. The van der Waals surface area contributed by atoms with E-state index in [4.69, 9.17) is 14.2 Å². The maximum absolute atomic E-state index is 13.9. The number of halogens is 2. The molecule has 1 amide bonds. The lowest BCUT2D eigenvalue weighted by atomic mass is 10.0. The van der Waals surface area contributed by atoms with Crippen LogP contribution in [-0.2, 0) is 4.74 Å². The van der Waals surface area contributed by atoms with Crippen molar-refractivity contribution < 1.29 is 27.8 Å². The maximum Gasteiger partial charge on any atom is 0.257 e. The number of nitrogens with one attached hydrogen (secondary N) is 1. The smallest absolute Gasteiger partial charge is 0.257 e. The molecule has 2 aliphatic heterocycles. The van der Waals surface area contributed by atoms with E-state index in [-0.39, 0.29) is 19.4 Å². The molecule has 28 heavy (non-hydrogen) atoms. The number of amides is 1. The first-order valence-electron chi connectivity index (χ1n) is 9.07. The third-order valence-corrected chi connectivity index (χ3v) is 4.91. The van der Waals surface area contributed by atoms with Crippen LogP contribution in [0, 0.1) is 11.6 Å². The minimum atomic E-state index is -0.886. The number of nitrogens with zero attached hydrogens (tertiary/aromatic N) is 1. The van der Waals surface area contributed by atoms with Gasteiger partial charge in [-0.15, -0.1) is 0 Å². The summed E-state index contributed by atoms with van der Waals surface area (Å²) in [4.78, 5) is 14.6. The van der Waals surface area contributed by atoms with E-state index in [1.165, 1.54) is 6.07 Å². The van der Waals surface area contributed by atoms with Crippen molar-refractivity contribution in [3.05, 3.63) is 59.2 Å². The zero-order valence-corrected chi connectivity index (χ0v) is 15.1. The van der Waals surface area contributed by atoms with Gasteiger partial charge in [-0.3, -0.25) is 9.69 Å². The van der Waals surface area contributed by atoms with Crippen LogP contribution in [0.25, 0.3) is 0 Å². The first-order valence-corrected chi connectivity index (χ1v) is 9.07. The molecule has 0 spiro atoms. The van der Waals surface area contributed by atoms with Crippen LogP contribution in [0.5, 0.6) is 11.5 Å². The standard InChI is InChI=1S/C20H20F2N2O4/c21-14-2-1-3-15(22)19(14)20(25)23-11-16(24-6-8-26-9-7-24)13-4-5-17-18(10-13)28-12-27-17/h1-5,10,16H,6-9,11-12H2,(H,23,25)/t16-/m0/s1. The normalized spacial score (nSPS) is 17.4. The summed E-state index contributed by atoms with van der Waals surface area (Å²) in [6, 6.07) is 8.76. The van der Waals surface area contributed by atoms with Crippen molar-refractivity contribution in [1.82, 2.24) is 10.2 Å². The first kappa shape index (κ1) is 18.6. The van der Waals surface area contributed by atoms with Crippen LogP contribution in [0.4, 0.5) is 8.78 Å². The summed E-state index contributed by atoms with van der Waals surface area (Å²) in [5.74, 6) is -1.24. The first-order chi connectivity index (χ1) is 13.6. The molecule has 1 atom stereocenters. The summed E-state index contributed by atoms with van der Waals surface area (Å²) in [6.07, 6.45) is 0. The van der Waals surface area contributed by atoms with Crippen LogP contribution >= 0.6 is 0 Å². The molecule has 1 N–H and O–H groups in total. The average molecular weight is 390 g/mol. The van der Waals surface area contributed by atoms with E-state index in [2.05, 4.69) is 10.2 Å². The van der Waals surface area contributed by atoms with Crippen LogP contribution in [0.2, 0.25) is 0 Å². The van der Waals surface area contributed by atoms with Gasteiger partial charge in [-0.05, 0) is 29.8 Å². The van der Waals surface area contributed by atoms with E-state index in [9.17, 15) is 13.6 Å². The molecule has 4 rings (SSSR count). The molecule has 0 aromatic heterocycles. The molecule has 148 valence electrons. The number of hydrogen-bond donors (Lipinski definition) is 1. The number of hydrogen-bond acceptors (Lipinski definition) is 5. The Morgan fingerprint density at radius 1 is 1.07 bits per heavy atom.